The summed E-state index contributed by atoms with van der Waals surface area (Å²) in [6, 6.07) is 7.73. The van der Waals surface area contributed by atoms with Crippen LogP contribution in [-0.2, 0) is 6.54 Å². The van der Waals surface area contributed by atoms with Crippen molar-refractivity contribution in [3.63, 3.8) is 0 Å². The van der Waals surface area contributed by atoms with Gasteiger partial charge in [-0.15, -0.1) is 0 Å². The summed E-state index contributed by atoms with van der Waals surface area (Å²) >= 11 is 0. The summed E-state index contributed by atoms with van der Waals surface area (Å²) in [6.07, 6.45) is 2.72. The van der Waals surface area contributed by atoms with Crippen LogP contribution in [0.1, 0.15) is 24.1 Å². The lowest BCUT2D eigenvalue weighted by Gasteiger charge is -2.14. The minimum Gasteiger partial charge on any atom is -0.435 e. The Labute approximate surface area is 120 Å². The Morgan fingerprint density at radius 2 is 2.05 bits per heavy atom. The summed E-state index contributed by atoms with van der Waals surface area (Å²) in [5, 5.41) is 3.17. The summed E-state index contributed by atoms with van der Waals surface area (Å²) in [4.78, 5) is 3.79. The summed E-state index contributed by atoms with van der Waals surface area (Å²) in [7, 11) is 0. The van der Waals surface area contributed by atoms with Crippen molar-refractivity contribution in [1.29, 1.82) is 0 Å². The predicted octanol–water partition coefficient (Wildman–Crippen LogP) is 3.67. The van der Waals surface area contributed by atoms with Crippen molar-refractivity contribution >= 4 is 0 Å². The van der Waals surface area contributed by atoms with Gasteiger partial charge in [0.1, 0.15) is 11.6 Å². The zero-order chi connectivity index (χ0) is 15.2. The van der Waals surface area contributed by atoms with Crippen LogP contribution in [0.2, 0.25) is 0 Å². The van der Waals surface area contributed by atoms with Gasteiger partial charge in [0.05, 0.1) is 6.20 Å². The summed E-state index contributed by atoms with van der Waals surface area (Å²) < 4.78 is 41.7. The van der Waals surface area contributed by atoms with E-state index in [-0.39, 0.29) is 11.8 Å². The smallest absolute Gasteiger partial charge is 0.387 e. The molecule has 3 nitrogen and oxygen atoms in total. The maximum atomic E-state index is 13.1. The molecule has 0 amide bonds. The second kappa shape index (κ2) is 7.08. The van der Waals surface area contributed by atoms with E-state index in [1.54, 1.807) is 18.3 Å². The molecule has 0 saturated heterocycles. The molecule has 0 aliphatic heterocycles. The van der Waals surface area contributed by atoms with Gasteiger partial charge in [-0.3, -0.25) is 4.98 Å². The monoisotopic (exact) mass is 296 g/mol. The molecule has 2 rings (SSSR count). The van der Waals surface area contributed by atoms with E-state index in [2.05, 4.69) is 15.0 Å². The molecule has 0 bridgehead atoms. The van der Waals surface area contributed by atoms with Gasteiger partial charge < -0.3 is 10.1 Å². The topological polar surface area (TPSA) is 34.1 Å². The maximum Gasteiger partial charge on any atom is 0.387 e. The van der Waals surface area contributed by atoms with E-state index in [9.17, 15) is 13.2 Å². The van der Waals surface area contributed by atoms with Gasteiger partial charge in [-0.1, -0.05) is 12.1 Å². The fourth-order valence-corrected chi connectivity index (χ4v) is 1.89. The van der Waals surface area contributed by atoms with Crippen molar-refractivity contribution in [3.8, 4) is 5.75 Å². The van der Waals surface area contributed by atoms with E-state index in [4.69, 9.17) is 0 Å². The van der Waals surface area contributed by atoms with Gasteiger partial charge in [0.2, 0.25) is 0 Å². The SMILES string of the molecule is CC(NCc1cccc(OC(F)F)c1)c1cncc(F)c1. The molecule has 0 radical (unpaired) electrons. The molecule has 0 saturated carbocycles. The number of rotatable bonds is 6. The molecule has 21 heavy (non-hydrogen) atoms. The Morgan fingerprint density at radius 1 is 1.24 bits per heavy atom. The van der Waals surface area contributed by atoms with E-state index in [1.165, 1.54) is 18.2 Å². The minimum atomic E-state index is -2.84. The number of hydrogen-bond donors (Lipinski definition) is 1. The number of aromatic nitrogens is 1. The molecule has 2 aromatic rings. The van der Waals surface area contributed by atoms with Gasteiger partial charge in [0, 0.05) is 18.8 Å². The van der Waals surface area contributed by atoms with E-state index < -0.39 is 12.4 Å². The summed E-state index contributed by atoms with van der Waals surface area (Å²) in [5.41, 5.74) is 1.51. The number of benzene rings is 1. The quantitative estimate of drug-likeness (QED) is 0.883. The van der Waals surface area contributed by atoms with Gasteiger partial charge >= 0.3 is 6.61 Å². The number of alkyl halides is 2. The zero-order valence-electron chi connectivity index (χ0n) is 11.4. The van der Waals surface area contributed by atoms with Gasteiger partial charge in [-0.2, -0.15) is 8.78 Å². The van der Waals surface area contributed by atoms with Crippen LogP contribution >= 0.6 is 0 Å². The molecule has 1 aromatic carbocycles. The van der Waals surface area contributed by atoms with Crippen molar-refractivity contribution in [2.45, 2.75) is 26.1 Å². The third-order valence-electron chi connectivity index (χ3n) is 2.96. The fourth-order valence-electron chi connectivity index (χ4n) is 1.89. The molecule has 0 fully saturated rings. The number of nitrogens with zero attached hydrogens (tertiary/aromatic N) is 1. The predicted molar refractivity (Wildman–Crippen MR) is 72.5 cm³/mol. The molecule has 1 unspecified atom stereocenters. The van der Waals surface area contributed by atoms with Gasteiger partial charge in [0.25, 0.3) is 0 Å². The molecule has 1 N–H and O–H groups in total. The van der Waals surface area contributed by atoms with E-state index in [1.807, 2.05) is 6.92 Å². The number of pyridine rings is 1. The summed E-state index contributed by atoms with van der Waals surface area (Å²) in [5.74, 6) is -0.280. The Bertz CT molecular complexity index is 593. The van der Waals surface area contributed by atoms with Crippen LogP contribution in [0.4, 0.5) is 13.2 Å². The number of ether oxygens (including phenoxy) is 1. The lowest BCUT2D eigenvalue weighted by molar-refractivity contribution is -0.0498. The highest BCUT2D eigenvalue weighted by atomic mass is 19.3. The third kappa shape index (κ3) is 4.75. The molecule has 1 atom stereocenters. The van der Waals surface area contributed by atoms with Gasteiger partial charge in [-0.05, 0) is 36.2 Å². The van der Waals surface area contributed by atoms with Crippen LogP contribution in [0.15, 0.2) is 42.7 Å². The molecule has 1 aromatic heterocycles. The molecule has 112 valence electrons. The van der Waals surface area contributed by atoms with Crippen LogP contribution in [0.25, 0.3) is 0 Å². The van der Waals surface area contributed by atoms with Crippen LogP contribution in [0, 0.1) is 5.82 Å². The van der Waals surface area contributed by atoms with Crippen LogP contribution in [0.5, 0.6) is 5.75 Å². The van der Waals surface area contributed by atoms with Crippen LogP contribution in [0.3, 0.4) is 0 Å². The standard InChI is InChI=1S/C15H15F3N2O/c1-10(12-6-13(16)9-19-8-12)20-7-11-3-2-4-14(5-11)21-15(17)18/h2-6,8-10,15,20H,7H2,1H3. The molecular weight excluding hydrogens is 281 g/mol. The largest absolute Gasteiger partial charge is 0.435 e. The molecule has 0 aliphatic rings. The normalized spacial score (nSPS) is 12.4. The van der Waals surface area contributed by atoms with E-state index in [0.717, 1.165) is 17.3 Å². The zero-order valence-corrected chi connectivity index (χ0v) is 11.4. The number of nitrogens with one attached hydrogen (secondary N) is 1. The van der Waals surface area contributed by atoms with Crippen molar-refractivity contribution in [1.82, 2.24) is 10.3 Å². The lowest BCUT2D eigenvalue weighted by atomic mass is 10.1. The Balaban J connectivity index is 1.96. The molecule has 6 heteroatoms. The second-order valence-corrected chi connectivity index (χ2v) is 4.56. The van der Waals surface area contributed by atoms with E-state index in [0.29, 0.717) is 6.54 Å². The van der Waals surface area contributed by atoms with Crippen molar-refractivity contribution in [3.05, 3.63) is 59.7 Å². The van der Waals surface area contributed by atoms with Crippen molar-refractivity contribution in [2.24, 2.45) is 0 Å². The molecule has 1 heterocycles. The number of hydrogen-bond acceptors (Lipinski definition) is 3. The summed E-state index contributed by atoms with van der Waals surface area (Å²) in [6.45, 7) is -0.529. The Kier molecular flexibility index (Phi) is 5.16. The van der Waals surface area contributed by atoms with Crippen LogP contribution < -0.4 is 10.1 Å². The highest BCUT2D eigenvalue weighted by Gasteiger charge is 2.08. The first-order valence-electron chi connectivity index (χ1n) is 6.42. The van der Waals surface area contributed by atoms with Gasteiger partial charge in [-0.25, -0.2) is 4.39 Å². The van der Waals surface area contributed by atoms with Crippen molar-refractivity contribution < 1.29 is 17.9 Å². The van der Waals surface area contributed by atoms with Crippen molar-refractivity contribution in [2.75, 3.05) is 0 Å². The lowest BCUT2D eigenvalue weighted by Crippen LogP contribution is -2.18. The van der Waals surface area contributed by atoms with Gasteiger partial charge in [0.15, 0.2) is 0 Å². The van der Waals surface area contributed by atoms with E-state index >= 15 is 0 Å². The molecular formula is C15H15F3N2O. The average molecular weight is 296 g/mol. The highest BCUT2D eigenvalue weighted by Crippen LogP contribution is 2.17. The first kappa shape index (κ1) is 15.3. The second-order valence-electron chi connectivity index (χ2n) is 4.56. The van der Waals surface area contributed by atoms with Crippen LogP contribution in [-0.4, -0.2) is 11.6 Å². The first-order chi connectivity index (χ1) is 10.0. The maximum absolute atomic E-state index is 13.1. The highest BCUT2D eigenvalue weighted by molar-refractivity contribution is 5.28. The molecule has 0 aliphatic carbocycles. The molecule has 0 spiro atoms. The number of halogens is 3. The Hall–Kier alpha value is -2.08. The Morgan fingerprint density at radius 3 is 2.76 bits per heavy atom. The third-order valence-corrected chi connectivity index (χ3v) is 2.96. The minimum absolute atomic E-state index is 0.115. The fraction of sp³-hybridized carbons (Fsp3) is 0.267. The first-order valence-corrected chi connectivity index (χ1v) is 6.42. The average Bonchev–Trinajstić information content (AvgIpc) is 2.44.